The fourth-order valence-electron chi connectivity index (χ4n) is 1.44. The molecule has 3 heteroatoms. The Morgan fingerprint density at radius 2 is 2.15 bits per heavy atom. The largest absolute Gasteiger partial charge is 0.464 e. The summed E-state index contributed by atoms with van der Waals surface area (Å²) in [5, 5.41) is 10.5. The Hall–Kier alpha value is -0.990. The second kappa shape index (κ2) is 3.40. The average molecular weight is 197 g/mol. The minimum absolute atomic E-state index is 0.101. The predicted octanol–water partition coefficient (Wildman–Crippen LogP) is 2.62. The van der Waals surface area contributed by atoms with Crippen molar-refractivity contribution in [2.45, 2.75) is 6.42 Å². The normalized spacial score (nSPS) is 10.9. The van der Waals surface area contributed by atoms with Crippen LogP contribution in [0.3, 0.4) is 0 Å². The van der Waals surface area contributed by atoms with Gasteiger partial charge >= 0.3 is 0 Å². The van der Waals surface area contributed by atoms with Crippen LogP contribution in [0, 0.1) is 0 Å². The Bertz CT molecular complexity index is 420. The van der Waals surface area contributed by atoms with Gasteiger partial charge in [0.2, 0.25) is 0 Å². The Labute approximate surface area is 80.7 Å². The van der Waals surface area contributed by atoms with Crippen LogP contribution >= 0.6 is 11.6 Å². The SMILES string of the molecule is OCCc1c(Cl)ccc2occc12. The van der Waals surface area contributed by atoms with E-state index in [0.717, 1.165) is 16.5 Å². The summed E-state index contributed by atoms with van der Waals surface area (Å²) in [7, 11) is 0. The molecule has 0 spiro atoms. The van der Waals surface area contributed by atoms with Crippen molar-refractivity contribution >= 4 is 22.6 Å². The van der Waals surface area contributed by atoms with Gasteiger partial charge in [-0.25, -0.2) is 0 Å². The van der Waals surface area contributed by atoms with E-state index in [0.29, 0.717) is 11.4 Å². The van der Waals surface area contributed by atoms with Crippen LogP contribution in [0.1, 0.15) is 5.56 Å². The first-order chi connectivity index (χ1) is 6.33. The number of rotatable bonds is 2. The number of fused-ring (bicyclic) bond motifs is 1. The number of halogens is 1. The summed E-state index contributed by atoms with van der Waals surface area (Å²) in [5.41, 5.74) is 1.77. The first-order valence-corrected chi connectivity index (χ1v) is 4.46. The van der Waals surface area contributed by atoms with Crippen molar-refractivity contribution < 1.29 is 9.52 Å². The third-order valence-electron chi connectivity index (χ3n) is 2.05. The number of aliphatic hydroxyl groups is 1. The monoisotopic (exact) mass is 196 g/mol. The number of hydrogen-bond acceptors (Lipinski definition) is 2. The molecule has 1 N–H and O–H groups in total. The lowest BCUT2D eigenvalue weighted by molar-refractivity contribution is 0.300. The van der Waals surface area contributed by atoms with Crippen molar-refractivity contribution in [3.8, 4) is 0 Å². The Morgan fingerprint density at radius 1 is 1.31 bits per heavy atom. The van der Waals surface area contributed by atoms with Gasteiger partial charge in [-0.3, -0.25) is 0 Å². The second-order valence-corrected chi connectivity index (χ2v) is 3.24. The van der Waals surface area contributed by atoms with Crippen molar-refractivity contribution in [3.63, 3.8) is 0 Å². The Balaban J connectivity index is 2.66. The van der Waals surface area contributed by atoms with E-state index in [-0.39, 0.29) is 6.61 Å². The molecule has 0 amide bonds. The van der Waals surface area contributed by atoms with Gasteiger partial charge in [0.1, 0.15) is 5.58 Å². The molecule has 2 nitrogen and oxygen atoms in total. The van der Waals surface area contributed by atoms with Crippen LogP contribution in [0.15, 0.2) is 28.9 Å². The van der Waals surface area contributed by atoms with Crippen molar-refractivity contribution in [1.82, 2.24) is 0 Å². The lowest BCUT2D eigenvalue weighted by Crippen LogP contribution is -1.91. The number of benzene rings is 1. The van der Waals surface area contributed by atoms with Gasteiger partial charge in [-0.1, -0.05) is 11.6 Å². The third-order valence-corrected chi connectivity index (χ3v) is 2.41. The van der Waals surface area contributed by atoms with Crippen molar-refractivity contribution in [3.05, 3.63) is 35.0 Å². The maximum atomic E-state index is 8.85. The summed E-state index contributed by atoms with van der Waals surface area (Å²) in [6.07, 6.45) is 2.19. The molecule has 0 bridgehead atoms. The molecule has 0 radical (unpaired) electrons. The summed E-state index contributed by atoms with van der Waals surface area (Å²) in [6.45, 7) is 0.101. The number of aliphatic hydroxyl groups excluding tert-OH is 1. The zero-order chi connectivity index (χ0) is 9.26. The highest BCUT2D eigenvalue weighted by molar-refractivity contribution is 6.32. The van der Waals surface area contributed by atoms with Crippen molar-refractivity contribution in [2.24, 2.45) is 0 Å². The van der Waals surface area contributed by atoms with Gasteiger partial charge in [-0.15, -0.1) is 0 Å². The van der Waals surface area contributed by atoms with Gasteiger partial charge in [0, 0.05) is 17.0 Å². The standard InChI is InChI=1S/C10H9ClO2/c11-9-1-2-10-8(4-6-13-10)7(9)3-5-12/h1-2,4,6,12H,3,5H2. The molecule has 1 aromatic carbocycles. The number of hydrogen-bond donors (Lipinski definition) is 1. The first kappa shape index (κ1) is 8.60. The van der Waals surface area contributed by atoms with Crippen LogP contribution in [0.25, 0.3) is 11.0 Å². The second-order valence-electron chi connectivity index (χ2n) is 2.83. The first-order valence-electron chi connectivity index (χ1n) is 4.08. The van der Waals surface area contributed by atoms with Crippen LogP contribution in [-0.4, -0.2) is 11.7 Å². The smallest absolute Gasteiger partial charge is 0.134 e. The molecule has 0 unspecified atom stereocenters. The van der Waals surface area contributed by atoms with Crippen LogP contribution in [0.5, 0.6) is 0 Å². The van der Waals surface area contributed by atoms with Gasteiger partial charge in [-0.05, 0) is 30.2 Å². The van der Waals surface area contributed by atoms with E-state index < -0.39 is 0 Å². The molecule has 0 aliphatic heterocycles. The minimum Gasteiger partial charge on any atom is -0.464 e. The zero-order valence-corrected chi connectivity index (χ0v) is 7.71. The fourth-order valence-corrected chi connectivity index (χ4v) is 1.70. The third kappa shape index (κ3) is 1.43. The summed E-state index contributed by atoms with van der Waals surface area (Å²) in [5.74, 6) is 0. The lowest BCUT2D eigenvalue weighted by atomic mass is 10.1. The molecule has 2 aromatic rings. The molecule has 68 valence electrons. The van der Waals surface area contributed by atoms with E-state index in [1.165, 1.54) is 0 Å². The topological polar surface area (TPSA) is 33.4 Å². The Kier molecular flexibility index (Phi) is 2.25. The van der Waals surface area contributed by atoms with Crippen LogP contribution < -0.4 is 0 Å². The van der Waals surface area contributed by atoms with Crippen LogP contribution in [0.2, 0.25) is 5.02 Å². The maximum Gasteiger partial charge on any atom is 0.134 e. The molecular weight excluding hydrogens is 188 g/mol. The molecule has 1 aromatic heterocycles. The average Bonchev–Trinajstić information content (AvgIpc) is 2.58. The Morgan fingerprint density at radius 3 is 2.92 bits per heavy atom. The molecule has 0 aliphatic carbocycles. The molecule has 0 atom stereocenters. The van der Waals surface area contributed by atoms with E-state index in [9.17, 15) is 0 Å². The van der Waals surface area contributed by atoms with E-state index in [4.69, 9.17) is 21.1 Å². The summed E-state index contributed by atoms with van der Waals surface area (Å²) in [4.78, 5) is 0. The summed E-state index contributed by atoms with van der Waals surface area (Å²) >= 11 is 5.99. The van der Waals surface area contributed by atoms with E-state index >= 15 is 0 Å². The van der Waals surface area contributed by atoms with E-state index in [1.54, 1.807) is 12.3 Å². The fraction of sp³-hybridized carbons (Fsp3) is 0.200. The quantitative estimate of drug-likeness (QED) is 0.801. The van der Waals surface area contributed by atoms with E-state index in [1.807, 2.05) is 12.1 Å². The summed E-state index contributed by atoms with van der Waals surface area (Å²) in [6, 6.07) is 5.49. The highest BCUT2D eigenvalue weighted by Gasteiger charge is 2.06. The highest BCUT2D eigenvalue weighted by atomic mass is 35.5. The van der Waals surface area contributed by atoms with E-state index in [2.05, 4.69) is 0 Å². The molecule has 0 aliphatic rings. The van der Waals surface area contributed by atoms with Gasteiger partial charge in [-0.2, -0.15) is 0 Å². The van der Waals surface area contributed by atoms with Crippen molar-refractivity contribution in [2.75, 3.05) is 6.61 Å². The molecule has 2 rings (SSSR count). The molecular formula is C10H9ClO2. The predicted molar refractivity (Wildman–Crippen MR) is 52.0 cm³/mol. The van der Waals surface area contributed by atoms with Crippen LogP contribution in [-0.2, 0) is 6.42 Å². The molecule has 13 heavy (non-hydrogen) atoms. The minimum atomic E-state index is 0.101. The molecule has 0 fully saturated rings. The van der Waals surface area contributed by atoms with Gasteiger partial charge in [0.05, 0.1) is 6.26 Å². The van der Waals surface area contributed by atoms with Crippen molar-refractivity contribution in [1.29, 1.82) is 0 Å². The maximum absolute atomic E-state index is 8.85. The highest BCUT2D eigenvalue weighted by Crippen LogP contribution is 2.27. The summed E-state index contributed by atoms with van der Waals surface area (Å²) < 4.78 is 5.22. The van der Waals surface area contributed by atoms with Gasteiger partial charge in [0.15, 0.2) is 0 Å². The number of furan rings is 1. The lowest BCUT2D eigenvalue weighted by Gasteiger charge is -2.02. The molecule has 0 saturated carbocycles. The van der Waals surface area contributed by atoms with Gasteiger partial charge < -0.3 is 9.52 Å². The van der Waals surface area contributed by atoms with Gasteiger partial charge in [0.25, 0.3) is 0 Å². The molecule has 0 saturated heterocycles. The molecule has 1 heterocycles. The van der Waals surface area contributed by atoms with Crippen LogP contribution in [0.4, 0.5) is 0 Å². The zero-order valence-electron chi connectivity index (χ0n) is 6.96.